The van der Waals surface area contributed by atoms with E-state index in [1.807, 2.05) is 0 Å². The van der Waals surface area contributed by atoms with Gasteiger partial charge in [-0.3, -0.25) is 4.79 Å². The Morgan fingerprint density at radius 1 is 1.12 bits per heavy atom. The lowest BCUT2D eigenvalue weighted by atomic mass is 10.0. The molecule has 0 aromatic heterocycles. The molecule has 7 nitrogen and oxygen atoms in total. The van der Waals surface area contributed by atoms with Crippen molar-refractivity contribution in [1.82, 2.24) is 10.6 Å². The van der Waals surface area contributed by atoms with Crippen molar-refractivity contribution >= 4 is 12.0 Å². The van der Waals surface area contributed by atoms with Crippen LogP contribution in [0.1, 0.15) is 37.6 Å². The molecule has 0 bridgehead atoms. The molecule has 1 atom stereocenters. The molecule has 0 aliphatic rings. The molecule has 0 saturated heterocycles. The number of hydrogen-bond acceptors (Lipinski definition) is 5. The number of nitrogens with one attached hydrogen (secondary N) is 2. The van der Waals surface area contributed by atoms with E-state index in [0.717, 1.165) is 6.42 Å². The summed E-state index contributed by atoms with van der Waals surface area (Å²) in [5.74, 6) is 1.16. The Kier molecular flexibility index (Phi) is 8.60. The monoisotopic (exact) mass is 352 g/mol. The van der Waals surface area contributed by atoms with Crippen LogP contribution in [-0.2, 0) is 4.74 Å². The second-order valence-corrected chi connectivity index (χ2v) is 5.97. The van der Waals surface area contributed by atoms with Gasteiger partial charge in [0.2, 0.25) is 0 Å². The fourth-order valence-corrected chi connectivity index (χ4v) is 2.40. The number of ether oxygens (including phenoxy) is 3. The third-order valence-corrected chi connectivity index (χ3v) is 3.51. The van der Waals surface area contributed by atoms with Crippen LogP contribution in [0.15, 0.2) is 18.2 Å². The first-order valence-corrected chi connectivity index (χ1v) is 8.34. The van der Waals surface area contributed by atoms with Crippen molar-refractivity contribution in [2.45, 2.75) is 33.2 Å². The lowest BCUT2D eigenvalue weighted by molar-refractivity contribution is 0.0944. The van der Waals surface area contributed by atoms with E-state index in [0.29, 0.717) is 36.1 Å². The minimum Gasteiger partial charge on any atom is -0.493 e. The summed E-state index contributed by atoms with van der Waals surface area (Å²) >= 11 is 0. The summed E-state index contributed by atoms with van der Waals surface area (Å²) in [7, 11) is 3.05. The van der Waals surface area contributed by atoms with Crippen molar-refractivity contribution in [2.75, 3.05) is 27.4 Å². The van der Waals surface area contributed by atoms with Crippen molar-refractivity contribution in [3.8, 4) is 11.5 Å². The average molecular weight is 352 g/mol. The predicted molar refractivity (Wildman–Crippen MR) is 95.3 cm³/mol. The molecule has 0 aliphatic carbocycles. The largest absolute Gasteiger partial charge is 0.493 e. The standard InChI is InChI=1S/C18H28N2O5/c1-6-25-18(22)20-14(9-12(2)3)11-19-17(21)13-7-8-15(23-4)16(10-13)24-5/h7-8,10,12,14H,6,9,11H2,1-5H3,(H,19,21)(H,20,22). The van der Waals surface area contributed by atoms with Gasteiger partial charge in [-0.1, -0.05) is 13.8 Å². The van der Waals surface area contributed by atoms with E-state index in [1.54, 1.807) is 25.1 Å². The highest BCUT2D eigenvalue weighted by Crippen LogP contribution is 2.27. The fourth-order valence-electron chi connectivity index (χ4n) is 2.40. The van der Waals surface area contributed by atoms with Crippen LogP contribution in [0.4, 0.5) is 4.79 Å². The Balaban J connectivity index is 2.71. The van der Waals surface area contributed by atoms with Gasteiger partial charge in [-0.25, -0.2) is 4.79 Å². The molecular formula is C18H28N2O5. The van der Waals surface area contributed by atoms with Crippen LogP contribution in [-0.4, -0.2) is 45.4 Å². The van der Waals surface area contributed by atoms with Gasteiger partial charge in [-0.05, 0) is 37.5 Å². The van der Waals surface area contributed by atoms with E-state index < -0.39 is 6.09 Å². The number of benzene rings is 1. The van der Waals surface area contributed by atoms with Crippen LogP contribution in [0.25, 0.3) is 0 Å². The number of amides is 2. The van der Waals surface area contributed by atoms with Gasteiger partial charge in [0.25, 0.3) is 5.91 Å². The van der Waals surface area contributed by atoms with Crippen molar-refractivity contribution in [2.24, 2.45) is 5.92 Å². The Bertz CT molecular complexity index is 575. The summed E-state index contributed by atoms with van der Waals surface area (Å²) in [5, 5.41) is 5.61. The molecule has 2 amide bonds. The predicted octanol–water partition coefficient (Wildman–Crippen LogP) is 2.59. The topological polar surface area (TPSA) is 85.9 Å². The zero-order chi connectivity index (χ0) is 18.8. The van der Waals surface area contributed by atoms with Gasteiger partial charge in [0, 0.05) is 18.2 Å². The van der Waals surface area contributed by atoms with Gasteiger partial charge in [-0.2, -0.15) is 0 Å². The summed E-state index contributed by atoms with van der Waals surface area (Å²) in [6.07, 6.45) is 0.249. The molecule has 0 fully saturated rings. The van der Waals surface area contributed by atoms with Crippen molar-refractivity contribution in [3.05, 3.63) is 23.8 Å². The van der Waals surface area contributed by atoms with E-state index in [9.17, 15) is 9.59 Å². The first-order valence-electron chi connectivity index (χ1n) is 8.34. The maximum atomic E-state index is 12.4. The summed E-state index contributed by atoms with van der Waals surface area (Å²) in [6, 6.07) is 4.75. The van der Waals surface area contributed by atoms with E-state index >= 15 is 0 Å². The summed E-state index contributed by atoms with van der Waals surface area (Å²) in [6.45, 7) is 6.46. The second kappa shape index (κ2) is 10.4. The zero-order valence-corrected chi connectivity index (χ0v) is 15.5. The second-order valence-electron chi connectivity index (χ2n) is 5.97. The molecule has 0 heterocycles. The normalized spacial score (nSPS) is 11.6. The molecule has 1 rings (SSSR count). The third-order valence-electron chi connectivity index (χ3n) is 3.51. The van der Waals surface area contributed by atoms with E-state index in [-0.39, 0.29) is 11.9 Å². The molecule has 0 saturated carbocycles. The summed E-state index contributed by atoms with van der Waals surface area (Å²) in [4.78, 5) is 24.0. The lowest BCUT2D eigenvalue weighted by Gasteiger charge is -2.21. The highest BCUT2D eigenvalue weighted by molar-refractivity contribution is 5.94. The molecule has 0 radical (unpaired) electrons. The number of alkyl carbamates (subject to hydrolysis) is 1. The smallest absolute Gasteiger partial charge is 0.407 e. The van der Waals surface area contributed by atoms with Crippen LogP contribution in [0, 0.1) is 5.92 Å². The first-order chi connectivity index (χ1) is 11.9. The molecule has 140 valence electrons. The van der Waals surface area contributed by atoms with Crippen LogP contribution < -0.4 is 20.1 Å². The quantitative estimate of drug-likeness (QED) is 0.713. The number of rotatable bonds is 9. The zero-order valence-electron chi connectivity index (χ0n) is 15.5. The van der Waals surface area contributed by atoms with E-state index in [4.69, 9.17) is 14.2 Å². The fraction of sp³-hybridized carbons (Fsp3) is 0.556. The number of hydrogen-bond donors (Lipinski definition) is 2. The van der Waals surface area contributed by atoms with Gasteiger partial charge in [-0.15, -0.1) is 0 Å². The van der Waals surface area contributed by atoms with E-state index in [1.165, 1.54) is 14.2 Å². The number of carbonyl (C=O) groups is 2. The SMILES string of the molecule is CCOC(=O)NC(CNC(=O)c1ccc(OC)c(OC)c1)CC(C)C. The van der Waals surface area contributed by atoms with Crippen molar-refractivity contribution in [3.63, 3.8) is 0 Å². The molecule has 1 aromatic rings. The molecular weight excluding hydrogens is 324 g/mol. The highest BCUT2D eigenvalue weighted by atomic mass is 16.5. The van der Waals surface area contributed by atoms with Gasteiger partial charge < -0.3 is 24.8 Å². The maximum absolute atomic E-state index is 12.4. The van der Waals surface area contributed by atoms with Crippen LogP contribution >= 0.6 is 0 Å². The van der Waals surface area contributed by atoms with Gasteiger partial charge >= 0.3 is 6.09 Å². The minimum absolute atomic E-state index is 0.205. The lowest BCUT2D eigenvalue weighted by Crippen LogP contribution is -2.44. The molecule has 25 heavy (non-hydrogen) atoms. The molecule has 2 N–H and O–H groups in total. The molecule has 7 heteroatoms. The molecule has 1 unspecified atom stereocenters. The van der Waals surface area contributed by atoms with Crippen LogP contribution in [0.5, 0.6) is 11.5 Å². The van der Waals surface area contributed by atoms with Crippen molar-refractivity contribution in [1.29, 1.82) is 0 Å². The summed E-state index contributed by atoms with van der Waals surface area (Å²) < 4.78 is 15.3. The average Bonchev–Trinajstić information content (AvgIpc) is 2.58. The minimum atomic E-state index is -0.478. The number of carbonyl (C=O) groups excluding carboxylic acids is 2. The molecule has 0 spiro atoms. The van der Waals surface area contributed by atoms with Crippen LogP contribution in [0.3, 0.4) is 0 Å². The Morgan fingerprint density at radius 2 is 1.80 bits per heavy atom. The van der Waals surface area contributed by atoms with Crippen LogP contribution in [0.2, 0.25) is 0 Å². The molecule has 0 aliphatic heterocycles. The third kappa shape index (κ3) is 6.91. The Morgan fingerprint density at radius 3 is 2.36 bits per heavy atom. The van der Waals surface area contributed by atoms with Gasteiger partial charge in [0.15, 0.2) is 11.5 Å². The Labute approximate surface area is 149 Å². The van der Waals surface area contributed by atoms with Gasteiger partial charge in [0.1, 0.15) is 0 Å². The number of methoxy groups -OCH3 is 2. The van der Waals surface area contributed by atoms with Gasteiger partial charge in [0.05, 0.1) is 20.8 Å². The maximum Gasteiger partial charge on any atom is 0.407 e. The first kappa shape index (κ1) is 20.6. The Hall–Kier alpha value is -2.44. The highest BCUT2D eigenvalue weighted by Gasteiger charge is 2.17. The van der Waals surface area contributed by atoms with E-state index in [2.05, 4.69) is 24.5 Å². The van der Waals surface area contributed by atoms with Crippen molar-refractivity contribution < 1.29 is 23.8 Å². The molecule has 1 aromatic carbocycles. The summed E-state index contributed by atoms with van der Waals surface area (Å²) in [5.41, 5.74) is 0.456.